The predicted octanol–water partition coefficient (Wildman–Crippen LogP) is 2.34. The van der Waals surface area contributed by atoms with Gasteiger partial charge in [-0.3, -0.25) is 10.1 Å². The maximum Gasteiger partial charge on any atom is 0.337 e. The maximum absolute atomic E-state index is 11.2. The highest BCUT2D eigenvalue weighted by Gasteiger charge is 2.23. The van der Waals surface area contributed by atoms with Crippen LogP contribution >= 0.6 is 11.3 Å². The summed E-state index contributed by atoms with van der Waals surface area (Å²) in [5.74, 6) is 0.303. The molecular formula is C12H13N3O3S. The number of ether oxygens (including phenoxy) is 1. The Morgan fingerprint density at radius 3 is 3.21 bits per heavy atom. The van der Waals surface area contributed by atoms with Crippen molar-refractivity contribution in [2.75, 3.05) is 13.2 Å². The summed E-state index contributed by atoms with van der Waals surface area (Å²) < 4.78 is 6.42. The second-order valence-electron chi connectivity index (χ2n) is 4.47. The molecule has 3 rings (SSSR count). The number of nitro groups is 1. The number of rotatable bonds is 4. The molecule has 1 aromatic carbocycles. The third-order valence-electron chi connectivity index (χ3n) is 3.22. The number of nitrogens with one attached hydrogen (secondary N) is 1. The highest BCUT2D eigenvalue weighted by Crippen LogP contribution is 2.36. The monoisotopic (exact) mass is 279 g/mol. The lowest BCUT2D eigenvalue weighted by Crippen LogP contribution is -2.28. The van der Waals surface area contributed by atoms with Crippen LogP contribution in [0, 0.1) is 10.1 Å². The molecule has 0 aliphatic carbocycles. The average molecular weight is 279 g/mol. The van der Waals surface area contributed by atoms with Crippen LogP contribution in [0.1, 0.15) is 12.8 Å². The normalized spacial score (nSPS) is 18.8. The van der Waals surface area contributed by atoms with Crippen molar-refractivity contribution in [1.29, 1.82) is 0 Å². The van der Waals surface area contributed by atoms with Crippen LogP contribution in [0.25, 0.3) is 10.2 Å². The molecule has 6 nitrogen and oxygen atoms in total. The van der Waals surface area contributed by atoms with E-state index < -0.39 is 4.92 Å². The quantitative estimate of drug-likeness (QED) is 0.686. The van der Waals surface area contributed by atoms with Crippen molar-refractivity contribution in [2.24, 2.45) is 0 Å². The number of benzene rings is 1. The van der Waals surface area contributed by atoms with Crippen LogP contribution in [-0.2, 0) is 0 Å². The summed E-state index contributed by atoms with van der Waals surface area (Å²) in [6.07, 6.45) is 2.17. The average Bonchev–Trinajstić information content (AvgIpc) is 3.06. The maximum atomic E-state index is 11.2. The van der Waals surface area contributed by atoms with Gasteiger partial charge in [-0.2, -0.15) is 0 Å². The number of hydrogen-bond donors (Lipinski definition) is 1. The van der Waals surface area contributed by atoms with Crippen LogP contribution in [0.5, 0.6) is 5.75 Å². The van der Waals surface area contributed by atoms with Crippen molar-refractivity contribution in [1.82, 2.24) is 10.3 Å². The number of nitrogens with zero attached hydrogens (tertiary/aromatic N) is 2. The van der Waals surface area contributed by atoms with Crippen LogP contribution in [0.2, 0.25) is 0 Å². The topological polar surface area (TPSA) is 77.3 Å². The fraction of sp³-hybridized carbons (Fsp3) is 0.417. The van der Waals surface area contributed by atoms with E-state index in [9.17, 15) is 10.1 Å². The molecule has 0 saturated carbocycles. The first-order valence-electron chi connectivity index (χ1n) is 6.12. The zero-order valence-corrected chi connectivity index (χ0v) is 11.0. The van der Waals surface area contributed by atoms with E-state index in [4.69, 9.17) is 4.74 Å². The lowest BCUT2D eigenvalue weighted by Gasteiger charge is -2.12. The molecule has 0 bridgehead atoms. The molecule has 1 aromatic heterocycles. The van der Waals surface area contributed by atoms with E-state index in [0.29, 0.717) is 17.9 Å². The Balaban J connectivity index is 1.88. The van der Waals surface area contributed by atoms with Gasteiger partial charge in [0.15, 0.2) is 11.3 Å². The molecule has 1 saturated heterocycles. The largest absolute Gasteiger partial charge is 0.485 e. The van der Waals surface area contributed by atoms with E-state index >= 15 is 0 Å². The molecule has 0 spiro atoms. The minimum absolute atomic E-state index is 0.0308. The molecule has 1 N–H and O–H groups in total. The second kappa shape index (κ2) is 5.10. The third kappa shape index (κ3) is 2.39. The molecule has 0 amide bonds. The van der Waals surface area contributed by atoms with Crippen molar-refractivity contribution >= 4 is 27.2 Å². The Kier molecular flexibility index (Phi) is 3.31. The fourth-order valence-corrected chi connectivity index (χ4v) is 2.96. The molecule has 7 heteroatoms. The van der Waals surface area contributed by atoms with E-state index in [1.807, 2.05) is 6.07 Å². The summed E-state index contributed by atoms with van der Waals surface area (Å²) in [5.41, 5.74) is 1.99. The van der Waals surface area contributed by atoms with Crippen LogP contribution in [0.4, 0.5) is 5.69 Å². The van der Waals surface area contributed by atoms with Crippen molar-refractivity contribution < 1.29 is 9.66 Å². The molecule has 1 aliphatic heterocycles. The van der Waals surface area contributed by atoms with Gasteiger partial charge in [0, 0.05) is 6.04 Å². The second-order valence-corrected chi connectivity index (χ2v) is 5.36. The number of thiazole rings is 1. The van der Waals surface area contributed by atoms with Crippen molar-refractivity contribution in [3.8, 4) is 5.75 Å². The van der Waals surface area contributed by atoms with Gasteiger partial charge < -0.3 is 10.1 Å². The standard InChI is InChI=1S/C12H13N3O3S/c16-15(17)12-9(18-6-8-2-1-5-13-8)3-4-10-11(12)14-7-19-10/h3-4,7-8,13H,1-2,5-6H2. The van der Waals surface area contributed by atoms with E-state index in [-0.39, 0.29) is 11.7 Å². The Bertz CT molecular complexity index is 607. The SMILES string of the molecule is O=[N+]([O-])c1c(OCC2CCCN2)ccc2scnc12. The van der Waals surface area contributed by atoms with Gasteiger partial charge in [0.25, 0.3) is 0 Å². The Hall–Kier alpha value is -1.73. The van der Waals surface area contributed by atoms with Gasteiger partial charge in [-0.05, 0) is 31.5 Å². The smallest absolute Gasteiger partial charge is 0.337 e. The van der Waals surface area contributed by atoms with Crippen LogP contribution < -0.4 is 10.1 Å². The molecule has 2 aromatic rings. The third-order valence-corrected chi connectivity index (χ3v) is 4.02. The summed E-state index contributed by atoms with van der Waals surface area (Å²) >= 11 is 1.39. The van der Waals surface area contributed by atoms with E-state index in [1.165, 1.54) is 11.3 Å². The summed E-state index contributed by atoms with van der Waals surface area (Å²) in [7, 11) is 0. The fourth-order valence-electron chi connectivity index (χ4n) is 2.28. The van der Waals surface area contributed by atoms with Gasteiger partial charge >= 0.3 is 5.69 Å². The van der Waals surface area contributed by atoms with E-state index in [1.54, 1.807) is 11.6 Å². The minimum Gasteiger partial charge on any atom is -0.485 e. The first-order chi connectivity index (χ1) is 9.25. The van der Waals surface area contributed by atoms with Crippen LogP contribution in [-0.4, -0.2) is 29.1 Å². The molecule has 19 heavy (non-hydrogen) atoms. The van der Waals surface area contributed by atoms with E-state index in [2.05, 4.69) is 10.3 Å². The van der Waals surface area contributed by atoms with Crippen molar-refractivity contribution in [3.63, 3.8) is 0 Å². The molecule has 2 heterocycles. The summed E-state index contributed by atoms with van der Waals surface area (Å²) in [6.45, 7) is 1.44. The van der Waals surface area contributed by atoms with Crippen LogP contribution in [0.15, 0.2) is 17.6 Å². The van der Waals surface area contributed by atoms with Gasteiger partial charge in [0.2, 0.25) is 0 Å². The van der Waals surface area contributed by atoms with E-state index in [0.717, 1.165) is 24.1 Å². The Labute approximate surface area is 113 Å². The molecule has 1 unspecified atom stereocenters. The van der Waals surface area contributed by atoms with Gasteiger partial charge in [0.05, 0.1) is 15.1 Å². The minimum atomic E-state index is -0.417. The first kappa shape index (κ1) is 12.3. The highest BCUT2D eigenvalue weighted by molar-refractivity contribution is 7.16. The Morgan fingerprint density at radius 1 is 1.58 bits per heavy atom. The lowest BCUT2D eigenvalue weighted by molar-refractivity contribution is -0.384. The zero-order valence-electron chi connectivity index (χ0n) is 10.2. The lowest BCUT2D eigenvalue weighted by atomic mass is 10.2. The summed E-state index contributed by atoms with van der Waals surface area (Å²) in [4.78, 5) is 14.8. The first-order valence-corrected chi connectivity index (χ1v) is 7.00. The van der Waals surface area contributed by atoms with Crippen molar-refractivity contribution in [3.05, 3.63) is 27.8 Å². The highest BCUT2D eigenvalue weighted by atomic mass is 32.1. The van der Waals surface area contributed by atoms with Crippen LogP contribution in [0.3, 0.4) is 0 Å². The number of hydrogen-bond acceptors (Lipinski definition) is 6. The number of aromatic nitrogens is 1. The molecule has 0 radical (unpaired) electrons. The molecular weight excluding hydrogens is 266 g/mol. The molecule has 1 atom stereocenters. The van der Waals surface area contributed by atoms with Gasteiger partial charge in [0.1, 0.15) is 6.61 Å². The van der Waals surface area contributed by atoms with Gasteiger partial charge in [-0.1, -0.05) is 0 Å². The van der Waals surface area contributed by atoms with Gasteiger partial charge in [-0.25, -0.2) is 4.98 Å². The molecule has 100 valence electrons. The zero-order chi connectivity index (χ0) is 13.2. The number of nitro benzene ring substituents is 1. The molecule has 1 aliphatic rings. The summed E-state index contributed by atoms with van der Waals surface area (Å²) in [5, 5.41) is 14.5. The van der Waals surface area contributed by atoms with Crippen molar-refractivity contribution in [2.45, 2.75) is 18.9 Å². The predicted molar refractivity (Wildman–Crippen MR) is 72.8 cm³/mol. The van der Waals surface area contributed by atoms with Gasteiger partial charge in [-0.15, -0.1) is 11.3 Å². The molecule has 1 fully saturated rings. The Morgan fingerprint density at radius 2 is 2.47 bits per heavy atom. The number of fused-ring (bicyclic) bond motifs is 1. The summed E-state index contributed by atoms with van der Waals surface area (Å²) in [6, 6.07) is 3.76.